The Labute approximate surface area is 134 Å². The van der Waals surface area contributed by atoms with Crippen molar-refractivity contribution in [2.24, 2.45) is 0 Å². The maximum absolute atomic E-state index is 12.4. The lowest BCUT2D eigenvalue weighted by Crippen LogP contribution is -2.48. The molecular formula is C17H20N2O2S. The average molecular weight is 316 g/mol. The Morgan fingerprint density at radius 1 is 1.18 bits per heavy atom. The van der Waals surface area contributed by atoms with Crippen LogP contribution >= 0.6 is 11.3 Å². The SMILES string of the molecule is COc1ccc(C)cc1N1CCN(C(=O)c2cccs2)CC1. The Bertz CT molecular complexity index is 647. The first-order chi connectivity index (χ1) is 10.7. The van der Waals surface area contributed by atoms with Crippen LogP contribution in [0.2, 0.25) is 0 Å². The van der Waals surface area contributed by atoms with Crippen molar-refractivity contribution >= 4 is 22.9 Å². The fourth-order valence-electron chi connectivity index (χ4n) is 2.75. The van der Waals surface area contributed by atoms with E-state index in [0.29, 0.717) is 0 Å². The van der Waals surface area contributed by atoms with E-state index in [4.69, 9.17) is 4.74 Å². The Balaban J connectivity index is 1.69. The van der Waals surface area contributed by atoms with Gasteiger partial charge in [-0.05, 0) is 36.1 Å². The second kappa shape index (κ2) is 6.40. The molecule has 4 nitrogen and oxygen atoms in total. The summed E-state index contributed by atoms with van der Waals surface area (Å²) in [5, 5.41) is 1.95. The van der Waals surface area contributed by atoms with Gasteiger partial charge in [0.25, 0.3) is 5.91 Å². The predicted molar refractivity (Wildman–Crippen MR) is 90.2 cm³/mol. The number of hydrogen-bond donors (Lipinski definition) is 0. The molecule has 1 fully saturated rings. The lowest BCUT2D eigenvalue weighted by molar-refractivity contribution is 0.0751. The Kier molecular flexibility index (Phi) is 4.34. The predicted octanol–water partition coefficient (Wildman–Crippen LogP) is 3.03. The zero-order valence-electron chi connectivity index (χ0n) is 12.9. The van der Waals surface area contributed by atoms with Gasteiger partial charge < -0.3 is 14.5 Å². The van der Waals surface area contributed by atoms with E-state index in [1.165, 1.54) is 16.9 Å². The van der Waals surface area contributed by atoms with Crippen LogP contribution in [0.1, 0.15) is 15.2 Å². The summed E-state index contributed by atoms with van der Waals surface area (Å²) < 4.78 is 5.47. The molecular weight excluding hydrogens is 296 g/mol. The monoisotopic (exact) mass is 316 g/mol. The summed E-state index contributed by atoms with van der Waals surface area (Å²) in [6, 6.07) is 10.0. The third kappa shape index (κ3) is 2.95. The van der Waals surface area contributed by atoms with Crippen molar-refractivity contribution in [3.05, 3.63) is 46.2 Å². The first-order valence-corrected chi connectivity index (χ1v) is 8.29. The van der Waals surface area contributed by atoms with Gasteiger partial charge in [-0.3, -0.25) is 4.79 Å². The molecule has 1 amide bonds. The molecule has 2 heterocycles. The minimum Gasteiger partial charge on any atom is -0.495 e. The number of thiophene rings is 1. The van der Waals surface area contributed by atoms with Gasteiger partial charge in [-0.15, -0.1) is 11.3 Å². The van der Waals surface area contributed by atoms with Gasteiger partial charge in [0.1, 0.15) is 5.75 Å². The Morgan fingerprint density at radius 3 is 2.59 bits per heavy atom. The topological polar surface area (TPSA) is 32.8 Å². The van der Waals surface area contributed by atoms with E-state index in [9.17, 15) is 4.79 Å². The van der Waals surface area contributed by atoms with Gasteiger partial charge in [0, 0.05) is 26.2 Å². The number of hydrogen-bond acceptors (Lipinski definition) is 4. The zero-order valence-corrected chi connectivity index (χ0v) is 13.7. The van der Waals surface area contributed by atoms with Crippen LogP contribution in [0.5, 0.6) is 5.75 Å². The second-order valence-corrected chi connectivity index (χ2v) is 6.38. The van der Waals surface area contributed by atoms with Crippen LogP contribution in [-0.2, 0) is 0 Å². The maximum atomic E-state index is 12.4. The molecule has 2 aromatic rings. The fourth-order valence-corrected chi connectivity index (χ4v) is 3.44. The highest BCUT2D eigenvalue weighted by Crippen LogP contribution is 2.30. The third-order valence-electron chi connectivity index (χ3n) is 3.97. The number of carbonyl (C=O) groups excluding carboxylic acids is 1. The average Bonchev–Trinajstić information content (AvgIpc) is 3.09. The minimum atomic E-state index is 0.144. The number of aryl methyl sites for hydroxylation is 1. The van der Waals surface area contributed by atoms with Crippen LogP contribution in [0.4, 0.5) is 5.69 Å². The molecule has 1 saturated heterocycles. The smallest absolute Gasteiger partial charge is 0.264 e. The molecule has 0 aliphatic carbocycles. The summed E-state index contributed by atoms with van der Waals surface area (Å²) in [5.41, 5.74) is 2.33. The largest absolute Gasteiger partial charge is 0.495 e. The van der Waals surface area contributed by atoms with Gasteiger partial charge in [0.05, 0.1) is 17.7 Å². The molecule has 0 atom stereocenters. The highest BCUT2D eigenvalue weighted by molar-refractivity contribution is 7.12. The van der Waals surface area contributed by atoms with E-state index in [1.54, 1.807) is 7.11 Å². The molecule has 1 aliphatic heterocycles. The highest BCUT2D eigenvalue weighted by atomic mass is 32.1. The van der Waals surface area contributed by atoms with Gasteiger partial charge in [0.2, 0.25) is 0 Å². The number of nitrogens with zero attached hydrogens (tertiary/aromatic N) is 2. The van der Waals surface area contributed by atoms with Crippen LogP contribution < -0.4 is 9.64 Å². The normalized spacial score (nSPS) is 15.0. The summed E-state index contributed by atoms with van der Waals surface area (Å²) in [7, 11) is 1.70. The fraction of sp³-hybridized carbons (Fsp3) is 0.353. The van der Waals surface area contributed by atoms with Crippen molar-refractivity contribution in [1.29, 1.82) is 0 Å². The quantitative estimate of drug-likeness (QED) is 0.872. The number of methoxy groups -OCH3 is 1. The number of piperazine rings is 1. The van der Waals surface area contributed by atoms with Crippen molar-refractivity contribution < 1.29 is 9.53 Å². The molecule has 0 saturated carbocycles. The maximum Gasteiger partial charge on any atom is 0.264 e. The van der Waals surface area contributed by atoms with Gasteiger partial charge >= 0.3 is 0 Å². The van der Waals surface area contributed by atoms with Crippen molar-refractivity contribution in [2.45, 2.75) is 6.92 Å². The van der Waals surface area contributed by atoms with E-state index >= 15 is 0 Å². The first kappa shape index (κ1) is 14.9. The van der Waals surface area contributed by atoms with Crippen LogP contribution in [0.25, 0.3) is 0 Å². The van der Waals surface area contributed by atoms with Crippen molar-refractivity contribution in [2.75, 3.05) is 38.2 Å². The summed E-state index contributed by atoms with van der Waals surface area (Å²) in [6.07, 6.45) is 0. The van der Waals surface area contributed by atoms with E-state index in [-0.39, 0.29) is 5.91 Å². The number of anilines is 1. The minimum absolute atomic E-state index is 0.144. The van der Waals surface area contributed by atoms with Crippen molar-refractivity contribution in [3.63, 3.8) is 0 Å². The molecule has 1 aromatic heterocycles. The third-order valence-corrected chi connectivity index (χ3v) is 4.83. The number of ether oxygens (including phenoxy) is 1. The summed E-state index contributed by atoms with van der Waals surface area (Å²) in [4.78, 5) is 17.4. The lowest BCUT2D eigenvalue weighted by Gasteiger charge is -2.36. The number of rotatable bonds is 3. The number of amides is 1. The highest BCUT2D eigenvalue weighted by Gasteiger charge is 2.24. The van der Waals surface area contributed by atoms with E-state index in [1.807, 2.05) is 28.5 Å². The number of benzene rings is 1. The molecule has 0 bridgehead atoms. The summed E-state index contributed by atoms with van der Waals surface area (Å²) >= 11 is 1.51. The van der Waals surface area contributed by atoms with Gasteiger partial charge in [-0.1, -0.05) is 12.1 Å². The van der Waals surface area contributed by atoms with Crippen LogP contribution in [0.3, 0.4) is 0 Å². The number of carbonyl (C=O) groups is 1. The van der Waals surface area contributed by atoms with Crippen molar-refractivity contribution in [1.82, 2.24) is 4.90 Å². The standard InChI is InChI=1S/C17H20N2O2S/c1-13-5-6-15(21-2)14(12-13)18-7-9-19(10-8-18)17(20)16-4-3-11-22-16/h3-6,11-12H,7-10H2,1-2H3. The van der Waals surface area contributed by atoms with E-state index in [2.05, 4.69) is 24.0 Å². The molecule has 3 rings (SSSR count). The molecule has 1 aliphatic rings. The van der Waals surface area contributed by atoms with Crippen LogP contribution in [-0.4, -0.2) is 44.1 Å². The Morgan fingerprint density at radius 2 is 1.95 bits per heavy atom. The Hall–Kier alpha value is -2.01. The lowest BCUT2D eigenvalue weighted by atomic mass is 10.1. The van der Waals surface area contributed by atoms with Crippen LogP contribution in [0.15, 0.2) is 35.7 Å². The second-order valence-electron chi connectivity index (χ2n) is 5.43. The summed E-state index contributed by atoms with van der Waals surface area (Å²) in [6.45, 7) is 5.23. The van der Waals surface area contributed by atoms with Gasteiger partial charge in [-0.2, -0.15) is 0 Å². The molecule has 0 N–H and O–H groups in total. The van der Waals surface area contributed by atoms with E-state index in [0.717, 1.165) is 42.5 Å². The first-order valence-electron chi connectivity index (χ1n) is 7.41. The molecule has 5 heteroatoms. The summed E-state index contributed by atoms with van der Waals surface area (Å²) in [5.74, 6) is 1.04. The molecule has 0 radical (unpaired) electrons. The molecule has 0 unspecified atom stereocenters. The van der Waals surface area contributed by atoms with Gasteiger partial charge in [0.15, 0.2) is 0 Å². The molecule has 22 heavy (non-hydrogen) atoms. The molecule has 1 aromatic carbocycles. The molecule has 0 spiro atoms. The zero-order chi connectivity index (χ0) is 15.5. The van der Waals surface area contributed by atoms with Crippen molar-refractivity contribution in [3.8, 4) is 5.75 Å². The van der Waals surface area contributed by atoms with Crippen LogP contribution in [0, 0.1) is 6.92 Å². The van der Waals surface area contributed by atoms with E-state index < -0.39 is 0 Å². The molecule has 116 valence electrons. The van der Waals surface area contributed by atoms with Gasteiger partial charge in [-0.25, -0.2) is 0 Å².